The topological polar surface area (TPSA) is 64.6 Å². The van der Waals surface area contributed by atoms with Gasteiger partial charge in [0.15, 0.2) is 11.5 Å². The van der Waals surface area contributed by atoms with Gasteiger partial charge in [0.1, 0.15) is 13.2 Å². The van der Waals surface area contributed by atoms with Crippen LogP contribution in [0.1, 0.15) is 12.5 Å². The molecule has 0 aromatic heterocycles. The average molecular weight is 398 g/mol. The Kier molecular flexibility index (Phi) is 4.50. The second-order valence-electron chi connectivity index (χ2n) is 5.08. The van der Waals surface area contributed by atoms with E-state index in [0.717, 1.165) is 12.0 Å². The van der Waals surface area contributed by atoms with E-state index in [-0.39, 0.29) is 4.90 Å². The lowest BCUT2D eigenvalue weighted by molar-refractivity contribution is 0.171. The second-order valence-corrected chi connectivity index (χ2v) is 7.62. The monoisotopic (exact) mass is 397 g/mol. The molecule has 1 N–H and O–H groups in total. The van der Waals surface area contributed by atoms with E-state index in [4.69, 9.17) is 9.47 Å². The van der Waals surface area contributed by atoms with Gasteiger partial charge in [0, 0.05) is 16.6 Å². The van der Waals surface area contributed by atoms with Gasteiger partial charge in [0.2, 0.25) is 0 Å². The lowest BCUT2D eigenvalue weighted by Gasteiger charge is -2.20. The zero-order chi connectivity index (χ0) is 16.4. The number of sulfonamides is 1. The fourth-order valence-corrected chi connectivity index (χ4v) is 3.87. The van der Waals surface area contributed by atoms with Crippen molar-refractivity contribution in [3.05, 3.63) is 46.4 Å². The number of benzene rings is 2. The van der Waals surface area contributed by atoms with Gasteiger partial charge < -0.3 is 9.47 Å². The molecule has 3 rings (SSSR count). The van der Waals surface area contributed by atoms with Crippen molar-refractivity contribution >= 4 is 31.6 Å². The highest BCUT2D eigenvalue weighted by Crippen LogP contribution is 2.38. The van der Waals surface area contributed by atoms with Gasteiger partial charge in [0.25, 0.3) is 10.0 Å². The van der Waals surface area contributed by atoms with E-state index in [1.54, 1.807) is 24.3 Å². The molecule has 0 aliphatic carbocycles. The summed E-state index contributed by atoms with van der Waals surface area (Å²) in [4.78, 5) is 0.219. The van der Waals surface area contributed by atoms with Crippen molar-refractivity contribution in [1.29, 1.82) is 0 Å². The van der Waals surface area contributed by atoms with Crippen molar-refractivity contribution in [2.75, 3.05) is 17.9 Å². The Morgan fingerprint density at radius 3 is 2.30 bits per heavy atom. The molecule has 1 aliphatic rings. The predicted octanol–water partition coefficient (Wildman–Crippen LogP) is 3.58. The van der Waals surface area contributed by atoms with Crippen LogP contribution < -0.4 is 14.2 Å². The minimum atomic E-state index is -3.66. The summed E-state index contributed by atoms with van der Waals surface area (Å²) >= 11 is 3.36. The number of aryl methyl sites for hydroxylation is 1. The molecule has 5 nitrogen and oxygen atoms in total. The smallest absolute Gasteiger partial charge is 0.261 e. The van der Waals surface area contributed by atoms with Gasteiger partial charge in [-0.3, -0.25) is 4.72 Å². The van der Waals surface area contributed by atoms with E-state index in [9.17, 15) is 8.42 Å². The Morgan fingerprint density at radius 2 is 1.70 bits per heavy atom. The highest BCUT2D eigenvalue weighted by molar-refractivity contribution is 9.10. The molecule has 0 saturated carbocycles. The summed E-state index contributed by atoms with van der Waals surface area (Å²) in [5.41, 5.74) is 1.50. The number of fused-ring (bicyclic) bond motifs is 1. The van der Waals surface area contributed by atoms with Gasteiger partial charge in [0.05, 0.1) is 10.6 Å². The third kappa shape index (κ3) is 3.45. The van der Waals surface area contributed by atoms with Crippen LogP contribution in [0.5, 0.6) is 11.5 Å². The molecule has 0 radical (unpaired) electrons. The lowest BCUT2D eigenvalue weighted by Crippen LogP contribution is -2.17. The number of ether oxygens (including phenoxy) is 2. The summed E-state index contributed by atoms with van der Waals surface area (Å²) in [7, 11) is -3.66. The molecule has 1 aliphatic heterocycles. The summed E-state index contributed by atoms with van der Waals surface area (Å²) in [5, 5.41) is 0. The molecule has 2 aromatic rings. The number of halogens is 1. The first-order chi connectivity index (χ1) is 11.0. The van der Waals surface area contributed by atoms with Crippen LogP contribution in [0.4, 0.5) is 5.69 Å². The van der Waals surface area contributed by atoms with Crippen molar-refractivity contribution in [2.24, 2.45) is 0 Å². The summed E-state index contributed by atoms with van der Waals surface area (Å²) in [6.45, 7) is 2.95. The van der Waals surface area contributed by atoms with E-state index in [2.05, 4.69) is 20.7 Å². The van der Waals surface area contributed by atoms with Crippen LogP contribution in [0.3, 0.4) is 0 Å². The Bertz CT molecular complexity index is 819. The van der Waals surface area contributed by atoms with Crippen LogP contribution in [-0.2, 0) is 16.4 Å². The molecular formula is C16H16BrNO4S. The van der Waals surface area contributed by atoms with Gasteiger partial charge >= 0.3 is 0 Å². The second kappa shape index (κ2) is 6.41. The maximum Gasteiger partial charge on any atom is 0.261 e. The van der Waals surface area contributed by atoms with Crippen LogP contribution in [0.15, 0.2) is 45.8 Å². The first-order valence-corrected chi connectivity index (χ1v) is 9.48. The molecular weight excluding hydrogens is 382 g/mol. The van der Waals surface area contributed by atoms with Gasteiger partial charge in [-0.1, -0.05) is 19.1 Å². The van der Waals surface area contributed by atoms with Crippen molar-refractivity contribution in [3.63, 3.8) is 0 Å². The van der Waals surface area contributed by atoms with E-state index in [0.29, 0.717) is 34.9 Å². The Morgan fingerprint density at radius 1 is 1.09 bits per heavy atom. The van der Waals surface area contributed by atoms with Gasteiger partial charge in [-0.05, 0) is 40.0 Å². The summed E-state index contributed by atoms with van der Waals surface area (Å²) < 4.78 is 39.2. The number of hydrogen-bond acceptors (Lipinski definition) is 4. The third-order valence-corrected chi connectivity index (χ3v) is 5.56. The first-order valence-electron chi connectivity index (χ1n) is 7.20. The maximum atomic E-state index is 12.5. The summed E-state index contributed by atoms with van der Waals surface area (Å²) in [5.74, 6) is 1.12. The number of nitrogens with one attached hydrogen (secondary N) is 1. The van der Waals surface area contributed by atoms with Gasteiger partial charge in [-0.25, -0.2) is 8.42 Å². The molecule has 0 unspecified atom stereocenters. The largest absolute Gasteiger partial charge is 0.486 e. The van der Waals surface area contributed by atoms with Crippen LogP contribution in [0, 0.1) is 0 Å². The van der Waals surface area contributed by atoms with Crippen LogP contribution in [0.2, 0.25) is 0 Å². The fourth-order valence-electron chi connectivity index (χ4n) is 2.25. The predicted molar refractivity (Wildman–Crippen MR) is 91.8 cm³/mol. The highest BCUT2D eigenvalue weighted by Gasteiger charge is 2.19. The highest BCUT2D eigenvalue weighted by atomic mass is 79.9. The molecule has 122 valence electrons. The normalized spacial score (nSPS) is 13.7. The molecule has 7 heteroatoms. The SMILES string of the molecule is CCc1ccc(S(=O)(=O)Nc2cc3c(cc2Br)OCCO3)cc1. The third-order valence-electron chi connectivity index (χ3n) is 3.52. The number of hydrogen-bond donors (Lipinski definition) is 1. The Balaban J connectivity index is 1.90. The van der Waals surface area contributed by atoms with Crippen molar-refractivity contribution < 1.29 is 17.9 Å². The van der Waals surface area contributed by atoms with Gasteiger partial charge in [-0.2, -0.15) is 0 Å². The standard InChI is InChI=1S/C16H16BrNO4S/c1-2-11-3-5-12(6-4-11)23(19,20)18-14-10-16-15(9-13(14)17)21-7-8-22-16/h3-6,9-10,18H,2,7-8H2,1H3. The number of rotatable bonds is 4. The maximum absolute atomic E-state index is 12.5. The van der Waals surface area contributed by atoms with Crippen LogP contribution >= 0.6 is 15.9 Å². The Hall–Kier alpha value is -1.73. The molecule has 0 amide bonds. The van der Waals surface area contributed by atoms with Gasteiger partial charge in [-0.15, -0.1) is 0 Å². The molecule has 0 spiro atoms. The molecule has 0 saturated heterocycles. The summed E-state index contributed by atoms with van der Waals surface area (Å²) in [6.07, 6.45) is 0.863. The molecule has 0 atom stereocenters. The minimum Gasteiger partial charge on any atom is -0.486 e. The lowest BCUT2D eigenvalue weighted by atomic mass is 10.2. The quantitative estimate of drug-likeness (QED) is 0.855. The first kappa shape index (κ1) is 16.1. The summed E-state index contributed by atoms with van der Waals surface area (Å²) in [6, 6.07) is 10.2. The number of anilines is 1. The molecule has 1 heterocycles. The molecule has 0 fully saturated rings. The van der Waals surface area contributed by atoms with Crippen molar-refractivity contribution in [3.8, 4) is 11.5 Å². The van der Waals surface area contributed by atoms with E-state index in [1.165, 1.54) is 0 Å². The minimum absolute atomic E-state index is 0.219. The zero-order valence-corrected chi connectivity index (χ0v) is 14.9. The zero-order valence-electron chi connectivity index (χ0n) is 12.5. The average Bonchev–Trinajstić information content (AvgIpc) is 2.55. The van der Waals surface area contributed by atoms with E-state index < -0.39 is 10.0 Å². The van der Waals surface area contributed by atoms with Crippen molar-refractivity contribution in [1.82, 2.24) is 0 Å². The Labute approximate surface area is 143 Å². The van der Waals surface area contributed by atoms with Crippen molar-refractivity contribution in [2.45, 2.75) is 18.2 Å². The van der Waals surface area contributed by atoms with Crippen LogP contribution in [-0.4, -0.2) is 21.6 Å². The van der Waals surface area contributed by atoms with E-state index in [1.807, 2.05) is 19.1 Å². The molecule has 23 heavy (non-hydrogen) atoms. The molecule has 2 aromatic carbocycles. The molecule has 0 bridgehead atoms. The fraction of sp³-hybridized carbons (Fsp3) is 0.250. The van der Waals surface area contributed by atoms with E-state index >= 15 is 0 Å². The van der Waals surface area contributed by atoms with Crippen LogP contribution in [0.25, 0.3) is 0 Å².